The lowest BCUT2D eigenvalue weighted by atomic mass is 10.2. The van der Waals surface area contributed by atoms with Crippen molar-refractivity contribution in [1.82, 2.24) is 14.9 Å². The molecular weight excluding hydrogens is 427 g/mol. The van der Waals surface area contributed by atoms with Gasteiger partial charge in [-0.3, -0.25) is 4.99 Å². The van der Waals surface area contributed by atoms with Gasteiger partial charge in [0.15, 0.2) is 5.96 Å². The van der Waals surface area contributed by atoms with Crippen LogP contribution in [0.5, 0.6) is 0 Å². The smallest absolute Gasteiger partial charge is 0.211 e. The van der Waals surface area contributed by atoms with Crippen molar-refractivity contribution in [3.63, 3.8) is 0 Å². The minimum absolute atomic E-state index is 0. The summed E-state index contributed by atoms with van der Waals surface area (Å²) in [6.07, 6.45) is 3.07. The average molecular weight is 452 g/mol. The molecule has 0 aliphatic carbocycles. The predicted octanol–water partition coefficient (Wildman–Crippen LogP) is 1.39. The molecule has 2 N–H and O–H groups in total. The summed E-state index contributed by atoms with van der Waals surface area (Å²) in [5.41, 5.74) is 1.17. The van der Waals surface area contributed by atoms with E-state index in [1.165, 1.54) is 11.8 Å². The van der Waals surface area contributed by atoms with E-state index < -0.39 is 10.0 Å². The molecule has 0 spiro atoms. The highest BCUT2D eigenvalue weighted by atomic mass is 127. The van der Waals surface area contributed by atoms with Gasteiger partial charge in [-0.1, -0.05) is 30.3 Å². The zero-order valence-electron chi connectivity index (χ0n) is 13.5. The van der Waals surface area contributed by atoms with Crippen LogP contribution in [-0.2, 0) is 16.6 Å². The second kappa shape index (κ2) is 9.43. The maximum Gasteiger partial charge on any atom is 0.211 e. The normalized spacial score (nSPS) is 19.2. The average Bonchev–Trinajstić information content (AvgIpc) is 2.97. The number of sulfonamides is 1. The van der Waals surface area contributed by atoms with Crippen molar-refractivity contribution in [2.45, 2.75) is 25.4 Å². The maximum absolute atomic E-state index is 11.7. The van der Waals surface area contributed by atoms with Gasteiger partial charge >= 0.3 is 0 Å². The highest BCUT2D eigenvalue weighted by Crippen LogP contribution is 2.19. The Hall–Kier alpha value is -0.870. The Bertz CT molecular complexity index is 607. The Kier molecular flexibility index (Phi) is 8.27. The Morgan fingerprint density at radius 3 is 2.61 bits per heavy atom. The number of guanidine groups is 1. The van der Waals surface area contributed by atoms with Crippen LogP contribution >= 0.6 is 24.0 Å². The van der Waals surface area contributed by atoms with Crippen LogP contribution in [-0.4, -0.2) is 51.1 Å². The number of benzene rings is 1. The fourth-order valence-electron chi connectivity index (χ4n) is 2.67. The number of rotatable bonds is 5. The molecule has 1 atom stereocenters. The summed E-state index contributed by atoms with van der Waals surface area (Å²) in [6.45, 7) is 1.86. The van der Waals surface area contributed by atoms with Gasteiger partial charge in [0.05, 0.1) is 6.26 Å². The van der Waals surface area contributed by atoms with Gasteiger partial charge in [0.25, 0.3) is 0 Å². The van der Waals surface area contributed by atoms with E-state index in [1.54, 1.807) is 11.4 Å². The van der Waals surface area contributed by atoms with Crippen LogP contribution in [0.4, 0.5) is 0 Å². The zero-order valence-corrected chi connectivity index (χ0v) is 16.7. The molecule has 1 aliphatic heterocycles. The van der Waals surface area contributed by atoms with Crippen LogP contribution in [0.2, 0.25) is 0 Å². The standard InChI is InChI=1S/C15H24N4O2S.HI/c1-16-15(17-11-13-7-4-3-5-8-13)18-12-14-9-6-10-19(14)22(2,20)21;/h3-5,7-8,14H,6,9-12H2,1-2H3,(H2,16,17,18);1H/t14-;/m1./s1. The molecule has 8 heteroatoms. The fourth-order valence-corrected chi connectivity index (χ4v) is 3.85. The van der Waals surface area contributed by atoms with Crippen molar-refractivity contribution in [2.24, 2.45) is 4.99 Å². The van der Waals surface area contributed by atoms with Gasteiger partial charge in [0, 0.05) is 32.7 Å². The number of nitrogens with one attached hydrogen (secondary N) is 2. The molecule has 0 amide bonds. The number of halogens is 1. The molecule has 1 fully saturated rings. The van der Waals surface area contributed by atoms with E-state index >= 15 is 0 Å². The molecule has 0 saturated carbocycles. The quantitative estimate of drug-likeness (QED) is 0.403. The van der Waals surface area contributed by atoms with Gasteiger partial charge in [0.1, 0.15) is 0 Å². The first-order chi connectivity index (χ1) is 10.5. The molecule has 0 unspecified atom stereocenters. The van der Waals surface area contributed by atoms with Crippen molar-refractivity contribution >= 4 is 40.0 Å². The van der Waals surface area contributed by atoms with Gasteiger partial charge in [0.2, 0.25) is 10.0 Å². The monoisotopic (exact) mass is 452 g/mol. The molecule has 23 heavy (non-hydrogen) atoms. The SMILES string of the molecule is CN=C(NCc1ccccc1)NC[C@H]1CCCN1S(C)(=O)=O.I. The van der Waals surface area contributed by atoms with E-state index in [-0.39, 0.29) is 30.0 Å². The third-order valence-corrected chi connectivity index (χ3v) is 5.11. The first kappa shape index (κ1) is 20.2. The van der Waals surface area contributed by atoms with Crippen LogP contribution in [0, 0.1) is 0 Å². The lowest BCUT2D eigenvalue weighted by molar-refractivity contribution is 0.387. The number of nitrogens with zero attached hydrogens (tertiary/aromatic N) is 2. The largest absolute Gasteiger partial charge is 0.355 e. The van der Waals surface area contributed by atoms with Gasteiger partial charge in [-0.25, -0.2) is 8.42 Å². The van der Waals surface area contributed by atoms with E-state index in [9.17, 15) is 8.42 Å². The lowest BCUT2D eigenvalue weighted by Gasteiger charge is -2.23. The number of hydrogen-bond donors (Lipinski definition) is 2. The Morgan fingerprint density at radius 1 is 1.30 bits per heavy atom. The molecule has 0 radical (unpaired) electrons. The molecular formula is C15H25IN4O2S. The molecule has 130 valence electrons. The molecule has 1 heterocycles. The Morgan fingerprint density at radius 2 is 2.00 bits per heavy atom. The van der Waals surface area contributed by atoms with E-state index in [0.29, 0.717) is 25.6 Å². The van der Waals surface area contributed by atoms with Crippen molar-refractivity contribution in [3.8, 4) is 0 Å². The highest BCUT2D eigenvalue weighted by molar-refractivity contribution is 14.0. The van der Waals surface area contributed by atoms with Crippen LogP contribution in [0.25, 0.3) is 0 Å². The summed E-state index contributed by atoms with van der Waals surface area (Å²) < 4.78 is 25.0. The second-order valence-corrected chi connectivity index (χ2v) is 7.40. The van der Waals surface area contributed by atoms with Crippen LogP contribution in [0.3, 0.4) is 0 Å². The van der Waals surface area contributed by atoms with E-state index in [1.807, 2.05) is 30.3 Å². The minimum Gasteiger partial charge on any atom is -0.355 e. The third-order valence-electron chi connectivity index (χ3n) is 3.78. The fraction of sp³-hybridized carbons (Fsp3) is 0.533. The molecule has 6 nitrogen and oxygen atoms in total. The molecule has 1 aromatic rings. The van der Waals surface area contributed by atoms with E-state index in [4.69, 9.17) is 0 Å². The molecule has 0 aromatic heterocycles. The van der Waals surface area contributed by atoms with Crippen molar-refractivity contribution in [1.29, 1.82) is 0 Å². The van der Waals surface area contributed by atoms with Crippen molar-refractivity contribution in [2.75, 3.05) is 26.4 Å². The van der Waals surface area contributed by atoms with Gasteiger partial charge in [-0.05, 0) is 18.4 Å². The number of aliphatic imine (C=N–C) groups is 1. The van der Waals surface area contributed by atoms with E-state index in [2.05, 4.69) is 15.6 Å². The lowest BCUT2D eigenvalue weighted by Crippen LogP contribution is -2.46. The summed E-state index contributed by atoms with van der Waals surface area (Å²) in [5, 5.41) is 6.45. The first-order valence-corrected chi connectivity index (χ1v) is 9.31. The van der Waals surface area contributed by atoms with Crippen LogP contribution in [0.15, 0.2) is 35.3 Å². The van der Waals surface area contributed by atoms with Crippen LogP contribution < -0.4 is 10.6 Å². The topological polar surface area (TPSA) is 73.8 Å². The van der Waals surface area contributed by atoms with Crippen LogP contribution in [0.1, 0.15) is 18.4 Å². The molecule has 2 rings (SSSR count). The summed E-state index contributed by atoms with van der Waals surface area (Å²) in [5.74, 6) is 0.684. The van der Waals surface area contributed by atoms with Gasteiger partial charge < -0.3 is 10.6 Å². The predicted molar refractivity (Wildman–Crippen MR) is 105 cm³/mol. The van der Waals surface area contributed by atoms with E-state index in [0.717, 1.165) is 12.8 Å². The van der Waals surface area contributed by atoms with Crippen molar-refractivity contribution < 1.29 is 8.42 Å². The summed E-state index contributed by atoms with van der Waals surface area (Å²) >= 11 is 0. The highest BCUT2D eigenvalue weighted by Gasteiger charge is 2.31. The summed E-state index contributed by atoms with van der Waals surface area (Å²) in [6, 6.07) is 10.1. The molecule has 1 aliphatic rings. The zero-order chi connectivity index (χ0) is 16.0. The summed E-state index contributed by atoms with van der Waals surface area (Å²) in [7, 11) is -1.42. The van der Waals surface area contributed by atoms with Gasteiger partial charge in [-0.2, -0.15) is 4.31 Å². The minimum atomic E-state index is -3.13. The van der Waals surface area contributed by atoms with Crippen molar-refractivity contribution in [3.05, 3.63) is 35.9 Å². The third kappa shape index (κ3) is 6.27. The Labute approximate surface area is 155 Å². The summed E-state index contributed by atoms with van der Waals surface area (Å²) in [4.78, 5) is 4.18. The molecule has 0 bridgehead atoms. The first-order valence-electron chi connectivity index (χ1n) is 7.46. The maximum atomic E-state index is 11.7. The Balaban J connectivity index is 0.00000264. The molecule has 1 aromatic carbocycles. The number of hydrogen-bond acceptors (Lipinski definition) is 3. The second-order valence-electron chi connectivity index (χ2n) is 5.46. The molecule has 1 saturated heterocycles. The van der Waals surface area contributed by atoms with Gasteiger partial charge in [-0.15, -0.1) is 24.0 Å².